The standard InChI is InChI=1S/C13H15FN2O3/c14-11-5-8(15-13(17)18)1-4-12(11)16-6-9-2-3-10(7-16)19-9/h1,4-5,9-10,15H,2-3,6-7H2,(H,17,18). The fourth-order valence-corrected chi connectivity index (χ4v) is 2.78. The molecule has 0 saturated carbocycles. The Bertz CT molecular complexity index is 497. The van der Waals surface area contributed by atoms with E-state index in [2.05, 4.69) is 5.32 Å². The number of halogens is 1. The summed E-state index contributed by atoms with van der Waals surface area (Å²) in [6.07, 6.45) is 1.24. The summed E-state index contributed by atoms with van der Waals surface area (Å²) in [5, 5.41) is 10.7. The van der Waals surface area contributed by atoms with Crippen LogP contribution in [0.3, 0.4) is 0 Å². The minimum absolute atomic E-state index is 0.190. The molecule has 102 valence electrons. The number of ether oxygens (including phenoxy) is 1. The van der Waals surface area contributed by atoms with Crippen LogP contribution in [0.25, 0.3) is 0 Å². The number of fused-ring (bicyclic) bond motifs is 2. The average molecular weight is 266 g/mol. The maximum Gasteiger partial charge on any atom is 0.409 e. The van der Waals surface area contributed by atoms with Crippen LogP contribution in [0.5, 0.6) is 0 Å². The van der Waals surface area contributed by atoms with Crippen LogP contribution >= 0.6 is 0 Å². The zero-order valence-electron chi connectivity index (χ0n) is 10.3. The van der Waals surface area contributed by atoms with E-state index in [1.807, 2.05) is 4.90 Å². The number of rotatable bonds is 2. The number of carbonyl (C=O) groups is 1. The third-order valence-electron chi connectivity index (χ3n) is 3.58. The fourth-order valence-electron chi connectivity index (χ4n) is 2.78. The van der Waals surface area contributed by atoms with Crippen LogP contribution in [-0.4, -0.2) is 36.5 Å². The van der Waals surface area contributed by atoms with Crippen LogP contribution in [0, 0.1) is 5.82 Å². The summed E-state index contributed by atoms with van der Waals surface area (Å²) in [5.41, 5.74) is 0.751. The Labute approximate surface area is 110 Å². The molecule has 2 aliphatic rings. The summed E-state index contributed by atoms with van der Waals surface area (Å²) in [6, 6.07) is 4.40. The lowest BCUT2D eigenvalue weighted by Crippen LogP contribution is -2.43. The van der Waals surface area contributed by atoms with E-state index in [4.69, 9.17) is 9.84 Å². The van der Waals surface area contributed by atoms with Crippen molar-refractivity contribution in [3.05, 3.63) is 24.0 Å². The first-order valence-electron chi connectivity index (χ1n) is 6.32. The number of carboxylic acid groups (broad SMARTS) is 1. The molecular weight excluding hydrogens is 251 g/mol. The molecule has 2 heterocycles. The number of hydrogen-bond donors (Lipinski definition) is 2. The van der Waals surface area contributed by atoms with Crippen LogP contribution in [0.2, 0.25) is 0 Å². The number of nitrogens with zero attached hydrogens (tertiary/aromatic N) is 1. The molecule has 1 aromatic rings. The minimum atomic E-state index is -1.20. The number of amides is 1. The van der Waals surface area contributed by atoms with Gasteiger partial charge in [-0.25, -0.2) is 9.18 Å². The first kappa shape index (κ1) is 12.2. The molecule has 1 aromatic carbocycles. The van der Waals surface area contributed by atoms with Crippen LogP contribution in [0.1, 0.15) is 12.8 Å². The molecule has 2 atom stereocenters. The molecule has 0 aliphatic carbocycles. The summed E-state index contributed by atoms with van der Waals surface area (Å²) in [7, 11) is 0. The Morgan fingerprint density at radius 1 is 1.37 bits per heavy atom. The SMILES string of the molecule is O=C(O)Nc1ccc(N2CC3CCC(C2)O3)c(F)c1. The van der Waals surface area contributed by atoms with Crippen molar-refractivity contribution in [3.63, 3.8) is 0 Å². The van der Waals surface area contributed by atoms with Crippen molar-refractivity contribution in [1.82, 2.24) is 0 Å². The zero-order chi connectivity index (χ0) is 13.4. The minimum Gasteiger partial charge on any atom is -0.465 e. The maximum atomic E-state index is 14.0. The molecule has 0 spiro atoms. The molecule has 2 aliphatic heterocycles. The zero-order valence-corrected chi connectivity index (χ0v) is 10.3. The van der Waals surface area contributed by atoms with Gasteiger partial charge in [0.1, 0.15) is 5.82 Å². The maximum absolute atomic E-state index is 14.0. The fraction of sp³-hybridized carbons (Fsp3) is 0.462. The van der Waals surface area contributed by atoms with Gasteiger partial charge in [0.15, 0.2) is 0 Å². The number of nitrogens with one attached hydrogen (secondary N) is 1. The van der Waals surface area contributed by atoms with Crippen molar-refractivity contribution in [2.75, 3.05) is 23.3 Å². The van der Waals surface area contributed by atoms with Gasteiger partial charge in [-0.3, -0.25) is 5.32 Å². The van der Waals surface area contributed by atoms with Crippen molar-refractivity contribution < 1.29 is 19.0 Å². The molecule has 2 unspecified atom stereocenters. The Kier molecular flexibility index (Phi) is 3.02. The number of anilines is 2. The van der Waals surface area contributed by atoms with Gasteiger partial charge in [-0.05, 0) is 31.0 Å². The molecule has 1 amide bonds. The second-order valence-corrected chi connectivity index (χ2v) is 4.96. The van der Waals surface area contributed by atoms with Gasteiger partial charge in [-0.1, -0.05) is 0 Å². The molecule has 0 aromatic heterocycles. The summed E-state index contributed by atoms with van der Waals surface area (Å²) >= 11 is 0. The van der Waals surface area contributed by atoms with E-state index in [1.165, 1.54) is 6.07 Å². The lowest BCUT2D eigenvalue weighted by atomic mass is 10.2. The lowest BCUT2D eigenvalue weighted by Gasteiger charge is -2.34. The van der Waals surface area contributed by atoms with Crippen LogP contribution in [-0.2, 0) is 4.74 Å². The third kappa shape index (κ3) is 2.49. The van der Waals surface area contributed by atoms with Crippen molar-refractivity contribution in [2.24, 2.45) is 0 Å². The van der Waals surface area contributed by atoms with Crippen LogP contribution in [0.4, 0.5) is 20.6 Å². The van der Waals surface area contributed by atoms with E-state index in [1.54, 1.807) is 12.1 Å². The van der Waals surface area contributed by atoms with Gasteiger partial charge in [0.05, 0.1) is 17.9 Å². The summed E-state index contributed by atoms with van der Waals surface area (Å²) < 4.78 is 19.8. The summed E-state index contributed by atoms with van der Waals surface area (Å²) in [6.45, 7) is 1.39. The molecule has 5 nitrogen and oxygen atoms in total. The van der Waals surface area contributed by atoms with Gasteiger partial charge in [0.25, 0.3) is 0 Å². The van der Waals surface area contributed by atoms with Gasteiger partial charge < -0.3 is 14.7 Å². The second kappa shape index (κ2) is 4.70. The monoisotopic (exact) mass is 266 g/mol. The largest absolute Gasteiger partial charge is 0.465 e. The number of morpholine rings is 1. The molecule has 6 heteroatoms. The van der Waals surface area contributed by atoms with E-state index < -0.39 is 11.9 Å². The molecule has 3 rings (SSSR count). The molecule has 19 heavy (non-hydrogen) atoms. The lowest BCUT2D eigenvalue weighted by molar-refractivity contribution is 0.0303. The van der Waals surface area contributed by atoms with Gasteiger partial charge >= 0.3 is 6.09 Å². The molecule has 2 N–H and O–H groups in total. The van der Waals surface area contributed by atoms with Crippen molar-refractivity contribution >= 4 is 17.5 Å². The highest BCUT2D eigenvalue weighted by atomic mass is 19.1. The predicted molar refractivity (Wildman–Crippen MR) is 68.2 cm³/mol. The molecule has 2 fully saturated rings. The number of benzene rings is 1. The van der Waals surface area contributed by atoms with Gasteiger partial charge in [0.2, 0.25) is 0 Å². The van der Waals surface area contributed by atoms with Crippen LogP contribution < -0.4 is 10.2 Å². The van der Waals surface area contributed by atoms with E-state index in [-0.39, 0.29) is 17.9 Å². The smallest absolute Gasteiger partial charge is 0.409 e. The van der Waals surface area contributed by atoms with Gasteiger partial charge in [-0.15, -0.1) is 0 Å². The highest BCUT2D eigenvalue weighted by molar-refractivity contribution is 5.83. The average Bonchev–Trinajstić information content (AvgIpc) is 2.67. The van der Waals surface area contributed by atoms with E-state index in [0.29, 0.717) is 18.8 Å². The van der Waals surface area contributed by atoms with Crippen LogP contribution in [0.15, 0.2) is 18.2 Å². The normalized spacial score (nSPS) is 25.4. The Hall–Kier alpha value is -1.82. The second-order valence-electron chi connectivity index (χ2n) is 4.96. The Morgan fingerprint density at radius 2 is 2.05 bits per heavy atom. The molecule has 0 radical (unpaired) electrons. The van der Waals surface area contributed by atoms with Crippen molar-refractivity contribution in [2.45, 2.75) is 25.0 Å². The number of hydrogen-bond acceptors (Lipinski definition) is 3. The topological polar surface area (TPSA) is 61.8 Å². The summed E-state index contributed by atoms with van der Waals surface area (Å²) in [4.78, 5) is 12.5. The van der Waals surface area contributed by atoms with Crippen molar-refractivity contribution in [1.29, 1.82) is 0 Å². The molecule has 2 bridgehead atoms. The third-order valence-corrected chi connectivity index (χ3v) is 3.58. The van der Waals surface area contributed by atoms with Gasteiger partial charge in [-0.2, -0.15) is 0 Å². The highest BCUT2D eigenvalue weighted by Gasteiger charge is 2.34. The molecule has 2 saturated heterocycles. The van der Waals surface area contributed by atoms with E-state index in [0.717, 1.165) is 12.8 Å². The highest BCUT2D eigenvalue weighted by Crippen LogP contribution is 2.31. The Morgan fingerprint density at radius 3 is 2.63 bits per heavy atom. The van der Waals surface area contributed by atoms with Gasteiger partial charge in [0, 0.05) is 18.8 Å². The Balaban J connectivity index is 1.79. The predicted octanol–water partition coefficient (Wildman–Crippen LogP) is 2.28. The quantitative estimate of drug-likeness (QED) is 0.862. The van der Waals surface area contributed by atoms with E-state index >= 15 is 0 Å². The summed E-state index contributed by atoms with van der Waals surface area (Å²) in [5.74, 6) is -0.410. The molecular formula is C13H15FN2O3. The first-order chi connectivity index (χ1) is 9.11. The first-order valence-corrected chi connectivity index (χ1v) is 6.32. The van der Waals surface area contributed by atoms with E-state index in [9.17, 15) is 9.18 Å². The van der Waals surface area contributed by atoms with Crippen molar-refractivity contribution in [3.8, 4) is 0 Å².